The van der Waals surface area contributed by atoms with Gasteiger partial charge < -0.3 is 137 Å². The maximum atomic E-state index is 14.4. The Hall–Kier alpha value is -11.6. The third-order valence-electron chi connectivity index (χ3n) is 16.4. The molecule has 0 aliphatic heterocycles. The van der Waals surface area contributed by atoms with Gasteiger partial charge in [-0.1, -0.05) is 58.0 Å². The van der Waals surface area contributed by atoms with E-state index in [1.165, 1.54) is 27.7 Å². The summed E-state index contributed by atoms with van der Waals surface area (Å²) >= 11 is 0. The molecule has 12 unspecified atom stereocenters. The summed E-state index contributed by atoms with van der Waals surface area (Å²) in [6.45, 7) is 9.89. The standard InChI is InChI=1S/C67H118N26O16.C2H4O2/c1-35(2)31-46(62(106)88-44(23-16-30-81-67(77)78)58(102)89-45(24-25-49(71)94)60(104)87-42(21-11-13-27-69)59(103)92-48(33-50(72)95)63(107)93-52(36(3)4)64(108)109)90-53(97)37(5)83-51(96)34-82-56(100)41(20-10-12-26-68)86-57(101)43(22-15-29-80-66(75)76)85-54(98)38(6)84-61(105)47(32-39-17-8-7-9-18-39)91-55(99)40(70)19-14-28-79-65(73)74;1-2(3)4/h7-9,17-18,35-38,40-48,52H,10-16,19-34,68-70H2,1-6H3,(H2,71,94)(H2,72,95)(H,82,100)(H,83,96)(H,84,105)(H,85,98)(H,86,101)(H,87,104)(H,88,106)(H,89,102)(H,90,97)(H,91,99)(H,92,103)(H,93,107)(H,108,109)(H4,73,74,79)(H4,75,76,80)(H4,77,78,81);1H3,(H,3,4). The molecule has 36 N–H and O–H groups in total. The molecule has 0 spiro atoms. The van der Waals surface area contributed by atoms with E-state index in [-0.39, 0.29) is 121 Å². The molecule has 12 atom stereocenters. The lowest BCUT2D eigenvalue weighted by Crippen LogP contribution is -2.60. The van der Waals surface area contributed by atoms with Crippen molar-refractivity contribution < 1.29 is 86.9 Å². The van der Waals surface area contributed by atoms with E-state index in [0.717, 1.165) is 6.92 Å². The first-order valence-corrected chi connectivity index (χ1v) is 37.0. The van der Waals surface area contributed by atoms with Crippen LogP contribution in [0, 0.1) is 11.8 Å². The maximum Gasteiger partial charge on any atom is 0.326 e. The predicted molar refractivity (Wildman–Crippen MR) is 417 cm³/mol. The van der Waals surface area contributed by atoms with E-state index in [1.807, 2.05) is 0 Å². The fourth-order valence-corrected chi connectivity index (χ4v) is 10.5. The summed E-state index contributed by atoms with van der Waals surface area (Å²) in [5.41, 5.74) is 62.0. The number of guanidine groups is 3. The third-order valence-corrected chi connectivity index (χ3v) is 16.4. The van der Waals surface area contributed by atoms with Crippen LogP contribution >= 0.6 is 0 Å². The minimum Gasteiger partial charge on any atom is -0.481 e. The summed E-state index contributed by atoms with van der Waals surface area (Å²) in [5.74, 6) is -16.8. The van der Waals surface area contributed by atoms with Gasteiger partial charge in [-0.15, -0.1) is 0 Å². The molecule has 1 rings (SSSR count). The summed E-state index contributed by atoms with van der Waals surface area (Å²) in [6, 6.07) is -8.34. The van der Waals surface area contributed by atoms with Gasteiger partial charge >= 0.3 is 5.97 Å². The lowest BCUT2D eigenvalue weighted by molar-refractivity contribution is -0.143. The van der Waals surface area contributed by atoms with Gasteiger partial charge in [0.15, 0.2) is 17.9 Å². The topological polar surface area (TPSA) is 781 Å². The summed E-state index contributed by atoms with van der Waals surface area (Å²) in [6.07, 6.45) is -0.392. The largest absolute Gasteiger partial charge is 0.481 e. The number of aliphatic imine (C=N–C) groups is 3. The van der Waals surface area contributed by atoms with Gasteiger partial charge in [0.25, 0.3) is 5.97 Å². The van der Waals surface area contributed by atoms with Crippen LogP contribution in [0.1, 0.15) is 157 Å². The predicted octanol–water partition coefficient (Wildman–Crippen LogP) is -8.52. The molecule has 0 aliphatic carbocycles. The molecular weight excluding hydrogens is 1480 g/mol. The number of aliphatic carboxylic acids is 2. The van der Waals surface area contributed by atoms with Gasteiger partial charge in [0.2, 0.25) is 82.7 Å². The SMILES string of the molecule is CC(=O)O.CC(C)CC(NC(=O)C(C)NC(=O)CNC(=O)C(CCCCN)NC(=O)C(CCCN=C(N)N)NC(=O)C(C)NC(=O)C(Cc1ccccc1)NC(=O)C(N)CCCN=C(N)N)C(=O)NC(CCCN=C(N)N)C(=O)NC(CCC(N)=O)C(=O)NC(CCCCN)C(=O)NC(CC(N)=O)C(=O)NC(C(=O)O)C(C)C. The molecule has 1 aromatic rings. The third kappa shape index (κ3) is 46.0. The van der Waals surface area contributed by atoms with E-state index in [0.29, 0.717) is 31.2 Å². The molecule has 0 bridgehead atoms. The van der Waals surface area contributed by atoms with Crippen molar-refractivity contribution in [2.24, 2.45) is 89.9 Å². The van der Waals surface area contributed by atoms with Crippen LogP contribution in [0.5, 0.6) is 0 Å². The highest BCUT2D eigenvalue weighted by Crippen LogP contribution is 2.13. The lowest BCUT2D eigenvalue weighted by Gasteiger charge is -2.28. The maximum absolute atomic E-state index is 14.4. The van der Waals surface area contributed by atoms with E-state index >= 15 is 0 Å². The second-order valence-electron chi connectivity index (χ2n) is 27.3. The molecule has 1 aromatic carbocycles. The van der Waals surface area contributed by atoms with Crippen LogP contribution in [-0.4, -0.2) is 235 Å². The van der Waals surface area contributed by atoms with Gasteiger partial charge in [-0.25, -0.2) is 4.79 Å². The van der Waals surface area contributed by atoms with Crippen molar-refractivity contribution in [3.63, 3.8) is 0 Å². The van der Waals surface area contributed by atoms with Crippen LogP contribution in [0.3, 0.4) is 0 Å². The first-order valence-electron chi connectivity index (χ1n) is 37.0. The average Bonchev–Trinajstić information content (AvgIpc) is 0.863. The molecule has 14 amide bonds. The van der Waals surface area contributed by atoms with Crippen molar-refractivity contribution in [3.05, 3.63) is 35.9 Å². The van der Waals surface area contributed by atoms with Gasteiger partial charge in [0.05, 0.1) is 19.0 Å². The van der Waals surface area contributed by atoms with E-state index < -0.39 is 199 Å². The Morgan fingerprint density at radius 2 is 0.761 bits per heavy atom. The highest BCUT2D eigenvalue weighted by molar-refractivity contribution is 6.00. The second kappa shape index (κ2) is 55.8. The molecule has 0 aliphatic rings. The van der Waals surface area contributed by atoms with Crippen molar-refractivity contribution in [1.82, 2.24) is 63.8 Å². The number of rotatable bonds is 55. The molecule has 636 valence electrons. The van der Waals surface area contributed by atoms with Gasteiger partial charge in [0, 0.05) is 39.4 Å². The van der Waals surface area contributed by atoms with Crippen LogP contribution in [0.4, 0.5) is 0 Å². The Bertz CT molecular complexity index is 3370. The number of carboxylic acid groups (broad SMARTS) is 2. The number of amides is 14. The van der Waals surface area contributed by atoms with E-state index in [1.54, 1.807) is 44.2 Å². The Labute approximate surface area is 656 Å². The van der Waals surface area contributed by atoms with Gasteiger partial charge in [0.1, 0.15) is 66.5 Å². The van der Waals surface area contributed by atoms with Crippen LogP contribution in [0.25, 0.3) is 0 Å². The highest BCUT2D eigenvalue weighted by atomic mass is 16.4. The molecule has 44 heteroatoms. The number of nitrogens with one attached hydrogen (secondary N) is 12. The second-order valence-corrected chi connectivity index (χ2v) is 27.3. The van der Waals surface area contributed by atoms with E-state index in [4.69, 9.17) is 73.0 Å². The summed E-state index contributed by atoms with van der Waals surface area (Å²) in [5, 5.41) is 47.2. The Morgan fingerprint density at radius 3 is 1.17 bits per heavy atom. The van der Waals surface area contributed by atoms with E-state index in [2.05, 4.69) is 78.8 Å². The van der Waals surface area contributed by atoms with Gasteiger partial charge in [-0.2, -0.15) is 0 Å². The number of primary amides is 2. The molecule has 0 fully saturated rings. The monoisotopic (exact) mass is 1600 g/mol. The lowest BCUT2D eigenvalue weighted by atomic mass is 10.0. The van der Waals surface area contributed by atoms with Gasteiger partial charge in [-0.05, 0) is 134 Å². The fourth-order valence-electron chi connectivity index (χ4n) is 10.5. The fraction of sp³-hybridized carbons (Fsp3) is 0.638. The number of nitrogens with zero attached hydrogens (tertiary/aromatic N) is 3. The number of benzene rings is 1. The number of carbonyl (C=O) groups is 16. The molecule has 0 aromatic heterocycles. The first-order chi connectivity index (χ1) is 53.0. The van der Waals surface area contributed by atoms with Crippen molar-refractivity contribution in [2.75, 3.05) is 39.3 Å². The van der Waals surface area contributed by atoms with Crippen molar-refractivity contribution in [3.8, 4) is 0 Å². The minimum absolute atomic E-state index is 0.00368. The zero-order valence-corrected chi connectivity index (χ0v) is 65.4. The zero-order valence-electron chi connectivity index (χ0n) is 65.4. The zero-order chi connectivity index (χ0) is 86.0. The van der Waals surface area contributed by atoms with Crippen molar-refractivity contribution in [2.45, 2.75) is 230 Å². The number of carboxylic acids is 2. The van der Waals surface area contributed by atoms with Crippen LogP contribution in [0.2, 0.25) is 0 Å². The Morgan fingerprint density at radius 1 is 0.398 bits per heavy atom. The number of hydrogen-bond donors (Lipinski definition) is 25. The molecular formula is C69H122N26O18. The molecule has 44 nitrogen and oxygen atoms in total. The Kier molecular flexibility index (Phi) is 50.1. The molecule has 0 saturated heterocycles. The molecule has 0 radical (unpaired) electrons. The van der Waals surface area contributed by atoms with Crippen LogP contribution in [0.15, 0.2) is 45.3 Å². The normalized spacial score (nSPS) is 14.0. The Balaban J connectivity index is 0.0000306. The quantitative estimate of drug-likeness (QED) is 0.0164. The average molecular weight is 1600 g/mol. The molecule has 0 saturated carbocycles. The van der Waals surface area contributed by atoms with Crippen molar-refractivity contribution in [1.29, 1.82) is 0 Å². The summed E-state index contributed by atoms with van der Waals surface area (Å²) in [7, 11) is 0. The van der Waals surface area contributed by atoms with Crippen LogP contribution < -0.4 is 127 Å². The number of unbranched alkanes of at least 4 members (excludes halogenated alkanes) is 2. The summed E-state index contributed by atoms with van der Waals surface area (Å²) in [4.78, 5) is 224. The first kappa shape index (κ1) is 101. The van der Waals surface area contributed by atoms with Crippen molar-refractivity contribution >= 4 is 113 Å². The molecule has 0 heterocycles. The smallest absolute Gasteiger partial charge is 0.326 e. The highest BCUT2D eigenvalue weighted by Gasteiger charge is 2.37. The molecule has 113 heavy (non-hydrogen) atoms. The van der Waals surface area contributed by atoms with E-state index in [9.17, 15) is 77.0 Å². The number of carbonyl (C=O) groups excluding carboxylic acids is 14. The summed E-state index contributed by atoms with van der Waals surface area (Å²) < 4.78 is 0. The van der Waals surface area contributed by atoms with Crippen LogP contribution in [-0.2, 0) is 83.1 Å². The van der Waals surface area contributed by atoms with Gasteiger partial charge in [-0.3, -0.25) is 86.9 Å². The number of nitrogens with two attached hydrogens (primary N) is 11. The number of hydrogen-bond acceptors (Lipinski definition) is 22. The minimum atomic E-state index is -1.72.